The predicted molar refractivity (Wildman–Crippen MR) is 87.3 cm³/mol. The summed E-state index contributed by atoms with van der Waals surface area (Å²) < 4.78 is 6.06. The molecule has 1 saturated carbocycles. The van der Waals surface area contributed by atoms with Gasteiger partial charge in [0.1, 0.15) is 11.3 Å². The largest absolute Gasteiger partial charge is 0.459 e. The Hall–Kier alpha value is -1.32. The first-order valence-corrected chi connectivity index (χ1v) is 8.21. The smallest absolute Gasteiger partial charge is 0.134 e. The molecule has 0 spiro atoms. The van der Waals surface area contributed by atoms with Crippen LogP contribution in [0.3, 0.4) is 0 Å². The van der Waals surface area contributed by atoms with Crippen LogP contribution in [0.2, 0.25) is 0 Å². The lowest BCUT2D eigenvalue weighted by atomic mass is 10.1. The van der Waals surface area contributed by atoms with E-state index in [0.29, 0.717) is 0 Å². The van der Waals surface area contributed by atoms with Crippen molar-refractivity contribution in [3.63, 3.8) is 0 Å². The van der Waals surface area contributed by atoms with Crippen molar-refractivity contribution in [2.24, 2.45) is 0 Å². The van der Waals surface area contributed by atoms with Crippen molar-refractivity contribution in [1.29, 1.82) is 0 Å². The van der Waals surface area contributed by atoms with E-state index >= 15 is 0 Å². The minimum absolute atomic E-state index is 0.799. The van der Waals surface area contributed by atoms with Crippen LogP contribution < -0.4 is 5.32 Å². The summed E-state index contributed by atoms with van der Waals surface area (Å²) in [6.07, 6.45) is 5.27. The van der Waals surface area contributed by atoms with Crippen LogP contribution in [0.15, 0.2) is 28.7 Å². The summed E-state index contributed by atoms with van der Waals surface area (Å²) in [5.74, 6) is 1.10. The number of fused-ring (bicyclic) bond motifs is 1. The quantitative estimate of drug-likeness (QED) is 0.797. The van der Waals surface area contributed by atoms with Gasteiger partial charge < -0.3 is 9.73 Å². The van der Waals surface area contributed by atoms with E-state index in [1.165, 1.54) is 43.2 Å². The van der Waals surface area contributed by atoms with E-state index in [0.717, 1.165) is 30.5 Å². The number of furan rings is 1. The summed E-state index contributed by atoms with van der Waals surface area (Å²) in [5, 5.41) is 4.52. The van der Waals surface area contributed by atoms with Gasteiger partial charge in [0.25, 0.3) is 0 Å². The first-order valence-electron chi connectivity index (χ1n) is 8.21. The maximum Gasteiger partial charge on any atom is 0.134 e. The molecule has 2 aromatic rings. The molecule has 0 unspecified atom stereocenters. The van der Waals surface area contributed by atoms with Gasteiger partial charge in [-0.05, 0) is 38.9 Å². The average molecular weight is 286 g/mol. The maximum atomic E-state index is 6.06. The maximum absolute atomic E-state index is 6.06. The second-order valence-electron chi connectivity index (χ2n) is 6.09. The first kappa shape index (κ1) is 14.6. The third-order valence-corrected chi connectivity index (χ3v) is 4.34. The SMILES string of the molecule is CCCCN(Cc1c(CNC)oc2ccccc12)C1CC1. The second kappa shape index (κ2) is 6.63. The molecule has 21 heavy (non-hydrogen) atoms. The fourth-order valence-electron chi connectivity index (χ4n) is 3.02. The molecule has 0 atom stereocenters. The Bertz CT molecular complexity index is 586. The number of hydrogen-bond acceptors (Lipinski definition) is 3. The zero-order valence-electron chi connectivity index (χ0n) is 13.2. The number of hydrogen-bond donors (Lipinski definition) is 1. The van der Waals surface area contributed by atoms with E-state index < -0.39 is 0 Å². The summed E-state index contributed by atoms with van der Waals surface area (Å²) in [6, 6.07) is 9.23. The zero-order chi connectivity index (χ0) is 14.7. The molecule has 3 nitrogen and oxygen atoms in total. The van der Waals surface area contributed by atoms with Gasteiger partial charge in [-0.15, -0.1) is 0 Å². The highest BCUT2D eigenvalue weighted by atomic mass is 16.3. The molecule has 1 aliphatic carbocycles. The third kappa shape index (κ3) is 3.30. The Morgan fingerprint density at radius 2 is 2.10 bits per heavy atom. The summed E-state index contributed by atoms with van der Waals surface area (Å²) in [6.45, 7) is 5.30. The average Bonchev–Trinajstić information content (AvgIpc) is 3.28. The number of unbranched alkanes of at least 4 members (excludes halogenated alkanes) is 1. The normalized spacial score (nSPS) is 15.2. The molecule has 1 aromatic carbocycles. The van der Waals surface area contributed by atoms with Gasteiger partial charge in [-0.2, -0.15) is 0 Å². The number of nitrogens with zero attached hydrogens (tertiary/aromatic N) is 1. The minimum atomic E-state index is 0.799. The Kier molecular flexibility index (Phi) is 4.61. The lowest BCUT2D eigenvalue weighted by molar-refractivity contribution is 0.249. The van der Waals surface area contributed by atoms with Gasteiger partial charge in [-0.25, -0.2) is 0 Å². The fourth-order valence-corrected chi connectivity index (χ4v) is 3.02. The molecule has 1 heterocycles. The third-order valence-electron chi connectivity index (χ3n) is 4.34. The number of benzene rings is 1. The molecule has 114 valence electrons. The van der Waals surface area contributed by atoms with Gasteiger partial charge >= 0.3 is 0 Å². The van der Waals surface area contributed by atoms with Crippen LogP contribution in [-0.2, 0) is 13.1 Å². The Morgan fingerprint density at radius 1 is 1.29 bits per heavy atom. The Labute approximate surface area is 127 Å². The standard InChI is InChI=1S/C18H26N2O/c1-3-4-11-20(14-9-10-14)13-16-15-7-5-6-8-17(15)21-18(16)12-19-2/h5-8,14,19H,3-4,9-13H2,1-2H3. The molecule has 3 heteroatoms. The summed E-state index contributed by atoms with van der Waals surface area (Å²) in [5.41, 5.74) is 2.40. The molecule has 1 fully saturated rings. The zero-order valence-corrected chi connectivity index (χ0v) is 13.2. The van der Waals surface area contributed by atoms with Gasteiger partial charge in [0.05, 0.1) is 6.54 Å². The molecule has 0 aliphatic heterocycles. The van der Waals surface area contributed by atoms with E-state index in [4.69, 9.17) is 4.42 Å². The first-order chi connectivity index (χ1) is 10.3. The van der Waals surface area contributed by atoms with Crippen molar-refractivity contribution < 1.29 is 4.42 Å². The Balaban J connectivity index is 1.87. The molecule has 0 bridgehead atoms. The molecule has 0 amide bonds. The predicted octanol–water partition coefficient (Wildman–Crippen LogP) is 3.92. The van der Waals surface area contributed by atoms with Crippen LogP contribution in [0.4, 0.5) is 0 Å². The van der Waals surface area contributed by atoms with E-state index in [2.05, 4.69) is 41.4 Å². The number of rotatable bonds is 8. The highest BCUT2D eigenvalue weighted by Crippen LogP contribution is 2.32. The molecule has 0 radical (unpaired) electrons. The van der Waals surface area contributed by atoms with Gasteiger partial charge in [-0.3, -0.25) is 4.90 Å². The van der Waals surface area contributed by atoms with Gasteiger partial charge in [0.2, 0.25) is 0 Å². The van der Waals surface area contributed by atoms with Crippen molar-refractivity contribution >= 4 is 11.0 Å². The molecular formula is C18H26N2O. The summed E-state index contributed by atoms with van der Waals surface area (Å²) in [7, 11) is 1.98. The highest BCUT2D eigenvalue weighted by Gasteiger charge is 2.29. The van der Waals surface area contributed by atoms with Crippen LogP contribution in [0.5, 0.6) is 0 Å². The summed E-state index contributed by atoms with van der Waals surface area (Å²) in [4.78, 5) is 2.65. The van der Waals surface area contributed by atoms with Gasteiger partial charge in [0, 0.05) is 23.5 Å². The van der Waals surface area contributed by atoms with E-state index in [1.807, 2.05) is 7.05 Å². The Morgan fingerprint density at radius 3 is 2.81 bits per heavy atom. The molecule has 3 rings (SSSR count). The van der Waals surface area contributed by atoms with Gasteiger partial charge in [0.15, 0.2) is 0 Å². The summed E-state index contributed by atoms with van der Waals surface area (Å²) >= 11 is 0. The minimum Gasteiger partial charge on any atom is -0.459 e. The molecule has 1 aliphatic rings. The highest BCUT2D eigenvalue weighted by molar-refractivity contribution is 5.82. The van der Waals surface area contributed by atoms with Crippen LogP contribution in [0, 0.1) is 0 Å². The van der Waals surface area contributed by atoms with Crippen molar-refractivity contribution in [1.82, 2.24) is 10.2 Å². The van der Waals surface area contributed by atoms with E-state index in [9.17, 15) is 0 Å². The van der Waals surface area contributed by atoms with Crippen molar-refractivity contribution in [3.8, 4) is 0 Å². The molecule has 1 N–H and O–H groups in total. The second-order valence-corrected chi connectivity index (χ2v) is 6.09. The van der Waals surface area contributed by atoms with E-state index in [1.54, 1.807) is 0 Å². The lowest BCUT2D eigenvalue weighted by Crippen LogP contribution is -2.27. The van der Waals surface area contributed by atoms with Crippen molar-refractivity contribution in [2.75, 3.05) is 13.6 Å². The molecule has 0 saturated heterocycles. The fraction of sp³-hybridized carbons (Fsp3) is 0.556. The lowest BCUT2D eigenvalue weighted by Gasteiger charge is -2.22. The van der Waals surface area contributed by atoms with Crippen LogP contribution in [0.25, 0.3) is 11.0 Å². The monoisotopic (exact) mass is 286 g/mol. The van der Waals surface area contributed by atoms with Crippen LogP contribution >= 0.6 is 0 Å². The van der Waals surface area contributed by atoms with Gasteiger partial charge in [-0.1, -0.05) is 31.5 Å². The molecular weight excluding hydrogens is 260 g/mol. The van der Waals surface area contributed by atoms with Crippen molar-refractivity contribution in [3.05, 3.63) is 35.6 Å². The van der Waals surface area contributed by atoms with Crippen LogP contribution in [-0.4, -0.2) is 24.5 Å². The van der Waals surface area contributed by atoms with E-state index in [-0.39, 0.29) is 0 Å². The van der Waals surface area contributed by atoms with Crippen molar-refractivity contribution in [2.45, 2.75) is 51.7 Å². The number of nitrogens with one attached hydrogen (secondary N) is 1. The topological polar surface area (TPSA) is 28.4 Å². The van der Waals surface area contributed by atoms with Crippen LogP contribution in [0.1, 0.15) is 43.9 Å². The number of para-hydroxylation sites is 1. The molecule has 1 aromatic heterocycles.